The molecule has 0 radical (unpaired) electrons. The van der Waals surface area contributed by atoms with Crippen molar-refractivity contribution in [2.75, 3.05) is 0 Å². The van der Waals surface area contributed by atoms with Crippen LogP contribution in [0.15, 0.2) is 24.3 Å². The summed E-state index contributed by atoms with van der Waals surface area (Å²) in [4.78, 5) is 25.8. The summed E-state index contributed by atoms with van der Waals surface area (Å²) >= 11 is 0. The van der Waals surface area contributed by atoms with Crippen LogP contribution >= 0.6 is 0 Å². The second-order valence-electron chi connectivity index (χ2n) is 5.00. The Kier molecular flexibility index (Phi) is 2.67. The highest BCUT2D eigenvalue weighted by Crippen LogP contribution is 2.30. The fourth-order valence-corrected chi connectivity index (χ4v) is 2.91. The molecule has 0 spiro atoms. The van der Waals surface area contributed by atoms with E-state index >= 15 is 0 Å². The molecule has 3 rings (SSSR count). The molecule has 94 valence electrons. The lowest BCUT2D eigenvalue weighted by atomic mass is 9.92. The van der Waals surface area contributed by atoms with Gasteiger partial charge in [-0.25, -0.2) is 0 Å². The second kappa shape index (κ2) is 4.21. The number of nitrogens with zero attached hydrogens (tertiary/aromatic N) is 1. The van der Waals surface area contributed by atoms with Crippen LogP contribution in [0.3, 0.4) is 0 Å². The third kappa shape index (κ3) is 1.64. The molecule has 1 aliphatic carbocycles. The highest BCUT2D eigenvalue weighted by Gasteiger charge is 2.40. The van der Waals surface area contributed by atoms with Crippen LogP contribution in [0.1, 0.15) is 46.4 Å². The number of imide groups is 1. The fourth-order valence-electron chi connectivity index (χ4n) is 2.91. The number of hydrogen-bond acceptors (Lipinski definition) is 3. The van der Waals surface area contributed by atoms with Crippen molar-refractivity contribution in [3.63, 3.8) is 0 Å². The normalized spacial score (nSPS) is 27.5. The Hall–Kier alpha value is -1.68. The SMILES string of the molecule is O=C1c2ccccc2C(=O)N1[C@@H]1CCC[C@@H](O)C1. The smallest absolute Gasteiger partial charge is 0.261 e. The number of hydrogen-bond donors (Lipinski definition) is 1. The van der Waals surface area contributed by atoms with Gasteiger partial charge in [-0.05, 0) is 37.8 Å². The molecule has 4 heteroatoms. The number of benzene rings is 1. The predicted molar refractivity (Wildman–Crippen MR) is 65.2 cm³/mol. The molecular formula is C14H15NO3. The number of rotatable bonds is 1. The summed E-state index contributed by atoms with van der Waals surface area (Å²) in [6, 6.07) is 6.76. The minimum atomic E-state index is -0.395. The summed E-state index contributed by atoms with van der Waals surface area (Å²) in [5, 5.41) is 9.68. The van der Waals surface area contributed by atoms with E-state index in [-0.39, 0.29) is 17.9 Å². The van der Waals surface area contributed by atoms with Crippen molar-refractivity contribution in [1.82, 2.24) is 4.90 Å². The summed E-state index contributed by atoms with van der Waals surface area (Å²) in [7, 11) is 0. The van der Waals surface area contributed by atoms with Gasteiger partial charge in [-0.2, -0.15) is 0 Å². The van der Waals surface area contributed by atoms with E-state index in [0.29, 0.717) is 17.5 Å². The fraction of sp³-hybridized carbons (Fsp3) is 0.429. The predicted octanol–water partition coefficient (Wildman–Crippen LogP) is 1.59. The molecule has 2 atom stereocenters. The molecule has 0 saturated heterocycles. The van der Waals surface area contributed by atoms with Gasteiger partial charge in [0.15, 0.2) is 0 Å². The Bertz CT molecular complexity index is 477. The molecule has 1 saturated carbocycles. The van der Waals surface area contributed by atoms with Gasteiger partial charge < -0.3 is 5.11 Å². The number of amides is 2. The van der Waals surface area contributed by atoms with Gasteiger partial charge in [0.05, 0.1) is 17.2 Å². The number of carbonyl (C=O) groups is 2. The molecule has 1 aromatic rings. The van der Waals surface area contributed by atoms with E-state index < -0.39 is 6.10 Å². The number of fused-ring (bicyclic) bond motifs is 1. The zero-order valence-corrected chi connectivity index (χ0v) is 10.0. The van der Waals surface area contributed by atoms with Gasteiger partial charge in [-0.3, -0.25) is 14.5 Å². The van der Waals surface area contributed by atoms with Gasteiger partial charge in [-0.1, -0.05) is 12.1 Å². The third-order valence-electron chi connectivity index (χ3n) is 3.81. The molecule has 4 nitrogen and oxygen atoms in total. The molecule has 18 heavy (non-hydrogen) atoms. The minimum Gasteiger partial charge on any atom is -0.393 e. The first-order valence-corrected chi connectivity index (χ1v) is 6.33. The number of aliphatic hydroxyl groups excluding tert-OH is 1. The van der Waals surface area contributed by atoms with Gasteiger partial charge in [0.1, 0.15) is 0 Å². The summed E-state index contributed by atoms with van der Waals surface area (Å²) in [5.74, 6) is -0.426. The van der Waals surface area contributed by atoms with Crippen molar-refractivity contribution in [2.24, 2.45) is 0 Å². The van der Waals surface area contributed by atoms with Gasteiger partial charge in [-0.15, -0.1) is 0 Å². The molecule has 0 unspecified atom stereocenters. The maximum Gasteiger partial charge on any atom is 0.261 e. The lowest BCUT2D eigenvalue weighted by molar-refractivity contribution is 0.0415. The molecule has 1 aromatic carbocycles. The average molecular weight is 245 g/mol. The Balaban J connectivity index is 1.92. The first kappa shape index (κ1) is 11.4. The largest absolute Gasteiger partial charge is 0.393 e. The van der Waals surface area contributed by atoms with Crippen LogP contribution in [0, 0.1) is 0 Å². The monoisotopic (exact) mass is 245 g/mol. The molecule has 0 bridgehead atoms. The van der Waals surface area contributed by atoms with Crippen molar-refractivity contribution in [2.45, 2.75) is 37.8 Å². The summed E-state index contributed by atoms with van der Waals surface area (Å²) in [6.45, 7) is 0. The molecule has 2 aliphatic rings. The Morgan fingerprint density at radius 1 is 1.06 bits per heavy atom. The lowest BCUT2D eigenvalue weighted by Gasteiger charge is -2.31. The van der Waals surface area contributed by atoms with E-state index in [1.165, 1.54) is 4.90 Å². The summed E-state index contributed by atoms with van der Waals surface area (Å²) in [6.07, 6.45) is 2.53. The van der Waals surface area contributed by atoms with Crippen LogP contribution in [0.2, 0.25) is 0 Å². The van der Waals surface area contributed by atoms with E-state index in [1.807, 2.05) is 0 Å². The quantitative estimate of drug-likeness (QED) is 0.764. The minimum absolute atomic E-state index is 0.152. The average Bonchev–Trinajstić information content (AvgIpc) is 2.63. The van der Waals surface area contributed by atoms with Crippen LogP contribution in [0.25, 0.3) is 0 Å². The molecule has 2 amide bonds. The van der Waals surface area contributed by atoms with Gasteiger partial charge in [0.2, 0.25) is 0 Å². The zero-order valence-electron chi connectivity index (χ0n) is 10.0. The first-order chi connectivity index (χ1) is 8.68. The molecule has 1 fully saturated rings. The zero-order chi connectivity index (χ0) is 12.7. The summed E-state index contributed by atoms with van der Waals surface area (Å²) < 4.78 is 0. The van der Waals surface area contributed by atoms with E-state index in [2.05, 4.69) is 0 Å². The van der Waals surface area contributed by atoms with Gasteiger partial charge in [0, 0.05) is 6.04 Å². The Morgan fingerprint density at radius 3 is 2.22 bits per heavy atom. The van der Waals surface area contributed by atoms with E-state index in [0.717, 1.165) is 19.3 Å². The number of carbonyl (C=O) groups excluding carboxylic acids is 2. The molecule has 1 N–H and O–H groups in total. The van der Waals surface area contributed by atoms with Crippen LogP contribution < -0.4 is 0 Å². The van der Waals surface area contributed by atoms with E-state index in [1.54, 1.807) is 24.3 Å². The second-order valence-corrected chi connectivity index (χ2v) is 5.00. The molecular weight excluding hydrogens is 230 g/mol. The van der Waals surface area contributed by atoms with E-state index in [9.17, 15) is 14.7 Å². The Labute approximate surface area is 105 Å². The summed E-state index contributed by atoms with van der Waals surface area (Å²) in [5.41, 5.74) is 0.977. The maximum absolute atomic E-state index is 12.2. The van der Waals surface area contributed by atoms with Crippen LogP contribution in [0.5, 0.6) is 0 Å². The highest BCUT2D eigenvalue weighted by molar-refractivity contribution is 6.21. The van der Waals surface area contributed by atoms with Crippen LogP contribution in [-0.2, 0) is 0 Å². The van der Waals surface area contributed by atoms with Gasteiger partial charge in [0.25, 0.3) is 11.8 Å². The van der Waals surface area contributed by atoms with Crippen molar-refractivity contribution in [1.29, 1.82) is 0 Å². The lowest BCUT2D eigenvalue weighted by Crippen LogP contribution is -2.43. The molecule has 1 aliphatic heterocycles. The maximum atomic E-state index is 12.2. The first-order valence-electron chi connectivity index (χ1n) is 6.33. The number of aliphatic hydroxyl groups is 1. The topological polar surface area (TPSA) is 57.6 Å². The molecule has 0 aromatic heterocycles. The standard InChI is InChI=1S/C14H15NO3/c16-10-5-3-4-9(8-10)15-13(17)11-6-1-2-7-12(11)14(15)18/h1-2,6-7,9-10,16H,3-5,8H2/t9-,10-/m1/s1. The van der Waals surface area contributed by atoms with Crippen molar-refractivity contribution >= 4 is 11.8 Å². The highest BCUT2D eigenvalue weighted by atomic mass is 16.3. The third-order valence-corrected chi connectivity index (χ3v) is 3.81. The Morgan fingerprint density at radius 2 is 1.67 bits per heavy atom. The molecule has 1 heterocycles. The van der Waals surface area contributed by atoms with Crippen molar-refractivity contribution in [3.8, 4) is 0 Å². The van der Waals surface area contributed by atoms with Gasteiger partial charge >= 0.3 is 0 Å². The van der Waals surface area contributed by atoms with Crippen molar-refractivity contribution in [3.05, 3.63) is 35.4 Å². The van der Waals surface area contributed by atoms with Crippen LogP contribution in [-0.4, -0.2) is 34.0 Å². The van der Waals surface area contributed by atoms with Crippen molar-refractivity contribution < 1.29 is 14.7 Å². The van der Waals surface area contributed by atoms with E-state index in [4.69, 9.17) is 0 Å². The van der Waals surface area contributed by atoms with Crippen LogP contribution in [0.4, 0.5) is 0 Å².